The first-order valence-corrected chi connectivity index (χ1v) is 11.5. The van der Waals surface area contributed by atoms with Crippen LogP contribution in [-0.2, 0) is 20.7 Å². The maximum Gasteiger partial charge on any atom is 0.408 e. The van der Waals surface area contributed by atoms with Gasteiger partial charge < -0.3 is 14.8 Å². The van der Waals surface area contributed by atoms with Gasteiger partial charge in [-0.15, -0.1) is 0 Å². The van der Waals surface area contributed by atoms with E-state index in [9.17, 15) is 9.59 Å². The number of hydrogen-bond acceptors (Lipinski definition) is 4. The maximum atomic E-state index is 12.6. The number of rotatable bonds is 6. The summed E-state index contributed by atoms with van der Waals surface area (Å²) in [7, 11) is 0. The van der Waals surface area contributed by atoms with E-state index in [0.717, 1.165) is 24.8 Å². The van der Waals surface area contributed by atoms with Gasteiger partial charge in [0.15, 0.2) is 0 Å². The zero-order valence-corrected chi connectivity index (χ0v) is 19.0. The van der Waals surface area contributed by atoms with Crippen LogP contribution in [0.4, 0.5) is 4.79 Å². The first-order chi connectivity index (χ1) is 14.2. The van der Waals surface area contributed by atoms with Crippen LogP contribution in [0, 0.1) is 11.8 Å². The third-order valence-electron chi connectivity index (χ3n) is 6.00. The minimum absolute atomic E-state index is 0.209. The minimum Gasteiger partial charge on any atom is -0.460 e. The summed E-state index contributed by atoms with van der Waals surface area (Å²) in [6.45, 7) is 5.54. The van der Waals surface area contributed by atoms with Gasteiger partial charge in [0.05, 0.1) is 12.0 Å². The molecule has 1 aromatic carbocycles. The lowest BCUT2D eigenvalue weighted by atomic mass is 9.82. The molecule has 1 aromatic rings. The number of benzene rings is 1. The Balaban J connectivity index is 1.67. The number of esters is 1. The van der Waals surface area contributed by atoms with Crippen molar-refractivity contribution in [3.63, 3.8) is 0 Å². The first-order valence-electron chi connectivity index (χ1n) is 11.1. The fraction of sp³-hybridized carbons (Fsp3) is 0.667. The molecule has 1 N–H and O–H groups in total. The number of halogens is 1. The van der Waals surface area contributed by atoms with Crippen LogP contribution in [0.2, 0.25) is 5.02 Å². The number of carbonyl (C=O) groups is 2. The van der Waals surface area contributed by atoms with Crippen molar-refractivity contribution < 1.29 is 19.1 Å². The second-order valence-corrected chi connectivity index (χ2v) is 10.1. The quantitative estimate of drug-likeness (QED) is 0.584. The van der Waals surface area contributed by atoms with Gasteiger partial charge in [-0.25, -0.2) is 4.79 Å². The molecule has 2 aliphatic rings. The van der Waals surface area contributed by atoms with Crippen molar-refractivity contribution in [2.75, 3.05) is 0 Å². The highest BCUT2D eigenvalue weighted by molar-refractivity contribution is 6.31. The Hall–Kier alpha value is -1.75. The number of hydrogen-bond donors (Lipinski definition) is 1. The molecule has 166 valence electrons. The molecule has 0 aromatic heterocycles. The van der Waals surface area contributed by atoms with Gasteiger partial charge in [0, 0.05) is 5.02 Å². The lowest BCUT2D eigenvalue weighted by Gasteiger charge is -2.30. The van der Waals surface area contributed by atoms with Crippen LogP contribution in [0.25, 0.3) is 0 Å². The van der Waals surface area contributed by atoms with Gasteiger partial charge in [-0.2, -0.15) is 0 Å². The number of cyclic esters (lactones) is 1. The van der Waals surface area contributed by atoms with Crippen LogP contribution in [-0.4, -0.2) is 29.8 Å². The standard InChI is InChI=1S/C24H34ClNO4/c1-24(2,3)30-23(28)26-20(13-16-9-5-4-6-10-16)21-15-18(22(27)29-21)14-17-11-7-8-12-19(17)25/h7-8,11-12,16,18,20-21H,4-6,9-10,13-15H2,1-3H3,(H,26,28)/t18-,20+,21+/m1/s1. The van der Waals surface area contributed by atoms with Gasteiger partial charge in [-0.3, -0.25) is 4.79 Å². The molecule has 1 aliphatic heterocycles. The van der Waals surface area contributed by atoms with Crippen LogP contribution >= 0.6 is 11.6 Å². The van der Waals surface area contributed by atoms with Crippen LogP contribution in [0.3, 0.4) is 0 Å². The molecule has 0 radical (unpaired) electrons. The Morgan fingerprint density at radius 2 is 1.93 bits per heavy atom. The van der Waals surface area contributed by atoms with Gasteiger partial charge in [-0.1, -0.05) is 61.9 Å². The van der Waals surface area contributed by atoms with Crippen molar-refractivity contribution >= 4 is 23.7 Å². The molecule has 1 heterocycles. The number of ether oxygens (including phenoxy) is 2. The van der Waals surface area contributed by atoms with Crippen molar-refractivity contribution in [3.8, 4) is 0 Å². The topological polar surface area (TPSA) is 64.6 Å². The van der Waals surface area contributed by atoms with E-state index in [2.05, 4.69) is 5.32 Å². The first kappa shape index (κ1) is 22.9. The third-order valence-corrected chi connectivity index (χ3v) is 6.37. The molecule has 3 atom stereocenters. The lowest BCUT2D eigenvalue weighted by molar-refractivity contribution is -0.145. The normalized spacial score (nSPS) is 23.7. The summed E-state index contributed by atoms with van der Waals surface area (Å²) in [5.41, 5.74) is 0.379. The van der Waals surface area contributed by atoms with Gasteiger partial charge in [0.25, 0.3) is 0 Å². The summed E-state index contributed by atoms with van der Waals surface area (Å²) >= 11 is 6.28. The highest BCUT2D eigenvalue weighted by Gasteiger charge is 2.41. The molecule has 0 bridgehead atoms. The van der Waals surface area contributed by atoms with Crippen LogP contribution < -0.4 is 5.32 Å². The molecule has 1 amide bonds. The van der Waals surface area contributed by atoms with Crippen LogP contribution in [0.1, 0.15) is 71.3 Å². The van der Waals surface area contributed by atoms with Crippen molar-refractivity contribution in [3.05, 3.63) is 34.9 Å². The molecule has 30 heavy (non-hydrogen) atoms. The number of amides is 1. The van der Waals surface area contributed by atoms with E-state index in [0.29, 0.717) is 23.8 Å². The third kappa shape index (κ3) is 6.63. The highest BCUT2D eigenvalue weighted by atomic mass is 35.5. The summed E-state index contributed by atoms with van der Waals surface area (Å²) in [6.07, 6.45) is 7.22. The van der Waals surface area contributed by atoms with E-state index >= 15 is 0 Å². The fourth-order valence-corrected chi connectivity index (χ4v) is 4.77. The number of alkyl carbamates (subject to hydrolysis) is 1. The van der Waals surface area contributed by atoms with Gasteiger partial charge >= 0.3 is 12.1 Å². The van der Waals surface area contributed by atoms with Crippen molar-refractivity contribution in [1.82, 2.24) is 5.32 Å². The summed E-state index contributed by atoms with van der Waals surface area (Å²) in [6, 6.07) is 7.36. The molecular formula is C24H34ClNO4. The Morgan fingerprint density at radius 3 is 2.60 bits per heavy atom. The lowest BCUT2D eigenvalue weighted by Crippen LogP contribution is -2.46. The van der Waals surface area contributed by atoms with Crippen LogP contribution in [0.15, 0.2) is 24.3 Å². The SMILES string of the molecule is CC(C)(C)OC(=O)N[C@@H](CC1CCCCC1)[C@@H]1C[C@@H](Cc2ccccc2Cl)C(=O)O1. The van der Waals surface area contributed by atoms with Gasteiger partial charge in [0.2, 0.25) is 0 Å². The molecular weight excluding hydrogens is 402 g/mol. The summed E-state index contributed by atoms with van der Waals surface area (Å²) < 4.78 is 11.2. The predicted octanol–water partition coefficient (Wildman–Crippen LogP) is 5.68. The second-order valence-electron chi connectivity index (χ2n) is 9.70. The molecule has 0 unspecified atom stereocenters. The van der Waals surface area contributed by atoms with E-state index in [1.165, 1.54) is 19.3 Å². The van der Waals surface area contributed by atoms with Crippen LogP contribution in [0.5, 0.6) is 0 Å². The van der Waals surface area contributed by atoms with E-state index in [1.807, 2.05) is 45.0 Å². The average Bonchev–Trinajstić information content (AvgIpc) is 3.03. The molecule has 1 saturated heterocycles. The number of carbonyl (C=O) groups excluding carboxylic acids is 2. The Labute approximate surface area is 184 Å². The molecule has 6 heteroatoms. The second kappa shape index (κ2) is 10.0. The predicted molar refractivity (Wildman–Crippen MR) is 117 cm³/mol. The smallest absolute Gasteiger partial charge is 0.408 e. The van der Waals surface area contributed by atoms with E-state index in [1.54, 1.807) is 0 Å². The molecule has 5 nitrogen and oxygen atoms in total. The van der Waals surface area contributed by atoms with Crippen molar-refractivity contribution in [2.45, 2.75) is 89.9 Å². The Morgan fingerprint density at radius 1 is 1.23 bits per heavy atom. The monoisotopic (exact) mass is 435 g/mol. The largest absolute Gasteiger partial charge is 0.460 e. The summed E-state index contributed by atoms with van der Waals surface area (Å²) in [5.74, 6) is 0.0868. The highest BCUT2D eigenvalue weighted by Crippen LogP contribution is 2.33. The number of nitrogens with one attached hydrogen (secondary N) is 1. The zero-order valence-electron chi connectivity index (χ0n) is 18.3. The van der Waals surface area contributed by atoms with Crippen molar-refractivity contribution in [2.24, 2.45) is 11.8 Å². The van der Waals surface area contributed by atoms with E-state index < -0.39 is 11.7 Å². The average molecular weight is 436 g/mol. The fourth-order valence-electron chi connectivity index (χ4n) is 4.56. The van der Waals surface area contributed by atoms with Crippen molar-refractivity contribution in [1.29, 1.82) is 0 Å². The summed E-state index contributed by atoms with van der Waals surface area (Å²) in [4.78, 5) is 25.1. The summed E-state index contributed by atoms with van der Waals surface area (Å²) in [5, 5.41) is 3.68. The molecule has 0 spiro atoms. The Kier molecular flexibility index (Phi) is 7.67. The molecule has 3 rings (SSSR count). The molecule has 1 saturated carbocycles. The van der Waals surface area contributed by atoms with E-state index in [-0.39, 0.29) is 24.0 Å². The van der Waals surface area contributed by atoms with Gasteiger partial charge in [-0.05, 0) is 57.6 Å². The molecule has 2 fully saturated rings. The maximum absolute atomic E-state index is 12.6. The van der Waals surface area contributed by atoms with Gasteiger partial charge in [0.1, 0.15) is 11.7 Å². The minimum atomic E-state index is -0.571. The molecule has 1 aliphatic carbocycles. The van der Waals surface area contributed by atoms with E-state index in [4.69, 9.17) is 21.1 Å². The zero-order chi connectivity index (χ0) is 21.7. The Bertz CT molecular complexity index is 739.